The van der Waals surface area contributed by atoms with Crippen LogP contribution in [0.15, 0.2) is 47.6 Å². The number of esters is 1. The van der Waals surface area contributed by atoms with E-state index in [0.29, 0.717) is 5.69 Å². The fourth-order valence-corrected chi connectivity index (χ4v) is 5.46. The van der Waals surface area contributed by atoms with Gasteiger partial charge in [-0.05, 0) is 50.6 Å². The number of nitrogens with one attached hydrogen (secondary N) is 2. The third-order valence-corrected chi connectivity index (χ3v) is 7.37. The average molecular weight is 531 g/mol. The monoisotopic (exact) mass is 530 g/mol. The van der Waals surface area contributed by atoms with Gasteiger partial charge in [0.05, 0.1) is 35.9 Å². The number of aromatic nitrogens is 2. The van der Waals surface area contributed by atoms with Crippen LogP contribution < -0.4 is 14.8 Å². The molecule has 2 heterocycles. The number of fused-ring (bicyclic) bond motifs is 1. The minimum absolute atomic E-state index is 0.0457. The second-order valence-electron chi connectivity index (χ2n) is 8.89. The lowest BCUT2D eigenvalue weighted by Gasteiger charge is -2.21. The van der Waals surface area contributed by atoms with Gasteiger partial charge in [-0.1, -0.05) is 6.07 Å². The van der Waals surface area contributed by atoms with Crippen LogP contribution in [0, 0.1) is 6.92 Å². The van der Waals surface area contributed by atoms with Gasteiger partial charge in [0, 0.05) is 25.3 Å². The Bertz CT molecular complexity index is 1420. The molecule has 1 amide bonds. The first-order valence-corrected chi connectivity index (χ1v) is 13.4. The zero-order chi connectivity index (χ0) is 26.7. The Labute approximate surface area is 215 Å². The molecule has 1 aromatic heterocycles. The van der Waals surface area contributed by atoms with E-state index in [-0.39, 0.29) is 42.2 Å². The molecule has 0 spiro atoms. The topological polar surface area (TPSA) is 138 Å². The van der Waals surface area contributed by atoms with Crippen LogP contribution in [-0.4, -0.2) is 55.4 Å². The molecule has 11 nitrogen and oxygen atoms in total. The number of ether oxygens (including phenoxy) is 3. The van der Waals surface area contributed by atoms with Gasteiger partial charge in [0.15, 0.2) is 0 Å². The maximum atomic E-state index is 13.4. The summed E-state index contributed by atoms with van der Waals surface area (Å²) < 4.78 is 47.7. The number of carbonyl (C=O) groups excluding carboxylic acids is 2. The molecular weight excluding hydrogens is 500 g/mol. The van der Waals surface area contributed by atoms with Gasteiger partial charge >= 0.3 is 5.97 Å². The van der Waals surface area contributed by atoms with E-state index in [4.69, 9.17) is 14.2 Å². The van der Waals surface area contributed by atoms with Gasteiger partial charge < -0.3 is 24.1 Å². The fourth-order valence-electron chi connectivity index (χ4n) is 4.11. The van der Waals surface area contributed by atoms with Crippen molar-refractivity contribution < 1.29 is 32.2 Å². The second-order valence-corrected chi connectivity index (χ2v) is 10.6. The predicted molar refractivity (Wildman–Crippen MR) is 136 cm³/mol. The summed E-state index contributed by atoms with van der Waals surface area (Å²) in [6.45, 7) is 7.37. The molecule has 1 fully saturated rings. The Morgan fingerprint density at radius 3 is 2.78 bits per heavy atom. The van der Waals surface area contributed by atoms with Crippen LogP contribution in [-0.2, 0) is 29.1 Å². The molecule has 2 N–H and O–H groups in total. The van der Waals surface area contributed by atoms with Gasteiger partial charge in [-0.2, -0.15) is 0 Å². The second kappa shape index (κ2) is 10.9. The van der Waals surface area contributed by atoms with Crippen molar-refractivity contribution in [3.63, 3.8) is 0 Å². The Morgan fingerprint density at radius 2 is 2.05 bits per heavy atom. The summed E-state index contributed by atoms with van der Waals surface area (Å²) in [6, 6.07) is 9.13. The summed E-state index contributed by atoms with van der Waals surface area (Å²) in [5.41, 5.74) is 3.24. The van der Waals surface area contributed by atoms with E-state index in [1.165, 1.54) is 25.1 Å². The molecule has 0 saturated carbocycles. The van der Waals surface area contributed by atoms with Crippen molar-refractivity contribution in [2.24, 2.45) is 0 Å². The first-order valence-electron chi connectivity index (χ1n) is 11.9. The molecule has 12 heteroatoms. The Morgan fingerprint density at radius 1 is 1.27 bits per heavy atom. The number of anilines is 1. The van der Waals surface area contributed by atoms with Gasteiger partial charge in [0.25, 0.3) is 0 Å². The Kier molecular flexibility index (Phi) is 7.81. The Balaban J connectivity index is 1.60. The van der Waals surface area contributed by atoms with E-state index in [1.54, 1.807) is 13.3 Å². The SMILES string of the molecule is CCOC1OC(=O)CC1NS(=O)(=O)c1ccc(NC(C)=O)cc1OCC(C)n1cnc2ccc(C)cc21. The number of hydrogen-bond acceptors (Lipinski definition) is 8. The lowest BCUT2D eigenvalue weighted by molar-refractivity contribution is -0.163. The highest BCUT2D eigenvalue weighted by Gasteiger charge is 2.39. The van der Waals surface area contributed by atoms with E-state index < -0.39 is 28.3 Å². The zero-order valence-corrected chi connectivity index (χ0v) is 21.9. The molecule has 198 valence electrons. The number of nitrogens with zero attached hydrogens (tertiary/aromatic N) is 2. The summed E-state index contributed by atoms with van der Waals surface area (Å²) in [6.07, 6.45) is 0.540. The molecule has 0 bridgehead atoms. The van der Waals surface area contributed by atoms with Crippen LogP contribution in [0.3, 0.4) is 0 Å². The Hall–Kier alpha value is -3.48. The first kappa shape index (κ1) is 26.6. The smallest absolute Gasteiger partial charge is 0.310 e. The van der Waals surface area contributed by atoms with Gasteiger partial charge in [0.1, 0.15) is 17.3 Å². The average Bonchev–Trinajstić information content (AvgIpc) is 3.39. The maximum absolute atomic E-state index is 13.4. The van der Waals surface area contributed by atoms with Crippen molar-refractivity contribution in [2.45, 2.75) is 57.4 Å². The molecule has 1 saturated heterocycles. The maximum Gasteiger partial charge on any atom is 0.310 e. The van der Waals surface area contributed by atoms with Crippen LogP contribution in [0.1, 0.15) is 38.8 Å². The molecule has 3 aromatic rings. The highest BCUT2D eigenvalue weighted by Crippen LogP contribution is 2.30. The molecule has 2 aromatic carbocycles. The third-order valence-electron chi connectivity index (χ3n) is 5.84. The van der Waals surface area contributed by atoms with Gasteiger partial charge in [-0.25, -0.2) is 18.1 Å². The zero-order valence-electron chi connectivity index (χ0n) is 21.1. The van der Waals surface area contributed by atoms with Crippen molar-refractivity contribution in [3.8, 4) is 5.75 Å². The predicted octanol–water partition coefficient (Wildman–Crippen LogP) is 2.90. The van der Waals surface area contributed by atoms with Crippen LogP contribution >= 0.6 is 0 Å². The lowest BCUT2D eigenvalue weighted by Crippen LogP contribution is -2.41. The van der Waals surface area contributed by atoms with E-state index in [9.17, 15) is 18.0 Å². The molecule has 0 radical (unpaired) electrons. The summed E-state index contributed by atoms with van der Waals surface area (Å²) >= 11 is 0. The van der Waals surface area contributed by atoms with E-state index in [1.807, 2.05) is 36.6 Å². The minimum atomic E-state index is -4.16. The summed E-state index contributed by atoms with van der Waals surface area (Å²) in [4.78, 5) is 27.6. The quantitative estimate of drug-likeness (QED) is 0.382. The van der Waals surface area contributed by atoms with E-state index in [2.05, 4.69) is 15.0 Å². The van der Waals surface area contributed by atoms with E-state index >= 15 is 0 Å². The normalized spacial score (nSPS) is 18.5. The van der Waals surface area contributed by atoms with Crippen molar-refractivity contribution in [3.05, 3.63) is 48.3 Å². The van der Waals surface area contributed by atoms with Crippen LogP contribution in [0.2, 0.25) is 0 Å². The number of cyclic esters (lactones) is 1. The molecule has 37 heavy (non-hydrogen) atoms. The molecule has 3 unspecified atom stereocenters. The number of hydrogen-bond donors (Lipinski definition) is 2. The van der Waals surface area contributed by atoms with Crippen molar-refractivity contribution in [1.29, 1.82) is 0 Å². The molecule has 1 aliphatic heterocycles. The van der Waals surface area contributed by atoms with Gasteiger partial charge in [0.2, 0.25) is 22.2 Å². The number of imidazole rings is 1. The minimum Gasteiger partial charge on any atom is -0.490 e. The lowest BCUT2D eigenvalue weighted by atomic mass is 10.2. The highest BCUT2D eigenvalue weighted by atomic mass is 32.2. The fraction of sp³-hybridized carbons (Fsp3) is 0.400. The number of benzene rings is 2. The number of sulfonamides is 1. The summed E-state index contributed by atoms with van der Waals surface area (Å²) in [7, 11) is -4.16. The van der Waals surface area contributed by atoms with Crippen molar-refractivity contribution in [1.82, 2.24) is 14.3 Å². The van der Waals surface area contributed by atoms with Crippen LogP contribution in [0.5, 0.6) is 5.75 Å². The highest BCUT2D eigenvalue weighted by molar-refractivity contribution is 7.89. The number of amides is 1. The third kappa shape index (κ3) is 6.09. The molecular formula is C25H30N4O7S. The molecule has 3 atom stereocenters. The summed E-state index contributed by atoms with van der Waals surface area (Å²) in [5.74, 6) is -0.820. The number of rotatable bonds is 10. The first-order chi connectivity index (χ1) is 17.6. The van der Waals surface area contributed by atoms with Crippen LogP contribution in [0.4, 0.5) is 5.69 Å². The number of aryl methyl sites for hydroxylation is 1. The van der Waals surface area contributed by atoms with Gasteiger partial charge in [-0.3, -0.25) is 9.59 Å². The largest absolute Gasteiger partial charge is 0.490 e. The molecule has 4 rings (SSSR count). The molecule has 1 aliphatic rings. The number of carbonyl (C=O) groups is 2. The van der Waals surface area contributed by atoms with E-state index in [0.717, 1.165) is 16.6 Å². The summed E-state index contributed by atoms with van der Waals surface area (Å²) in [5, 5.41) is 2.64. The van der Waals surface area contributed by atoms with Crippen LogP contribution in [0.25, 0.3) is 11.0 Å². The van der Waals surface area contributed by atoms with Crippen molar-refractivity contribution in [2.75, 3.05) is 18.5 Å². The standard InChI is InChI=1S/C25H30N4O7S/c1-5-34-25-20(12-24(31)36-25)28-37(32,33)23-9-7-18(27-17(4)30)11-22(23)35-13-16(3)29-14-26-19-8-6-15(2)10-21(19)29/h6-11,14,16,20,25,28H,5,12-13H2,1-4H3,(H,27,30). The molecule has 0 aliphatic carbocycles. The van der Waals surface area contributed by atoms with Gasteiger partial charge in [-0.15, -0.1) is 0 Å². The van der Waals surface area contributed by atoms with Crippen molar-refractivity contribution >= 4 is 38.6 Å².